The number of ether oxygens (including phenoxy) is 1. The Kier molecular flexibility index (Phi) is 9.52. The minimum atomic E-state index is -0.483. The van der Waals surface area contributed by atoms with Gasteiger partial charge in [0.25, 0.3) is 5.69 Å². The number of non-ortho nitro benzene ring substituents is 1. The first-order valence-corrected chi connectivity index (χ1v) is 10.1. The third-order valence-electron chi connectivity index (χ3n) is 4.42. The number of furan rings is 1. The number of nitrogens with one attached hydrogen (secondary N) is 2. The van der Waals surface area contributed by atoms with Crippen LogP contribution in [0.25, 0.3) is 11.3 Å². The van der Waals surface area contributed by atoms with Gasteiger partial charge in [-0.2, -0.15) is 0 Å². The minimum Gasteiger partial charge on any atom is -0.462 e. The Balaban J connectivity index is 0.00000363. The molecule has 0 aliphatic carbocycles. The number of halogens is 2. The first-order valence-electron chi connectivity index (χ1n) is 9.72. The van der Waals surface area contributed by atoms with Crippen LogP contribution >= 0.6 is 24.0 Å². The molecule has 0 saturated carbocycles. The predicted molar refractivity (Wildman–Crippen MR) is 126 cm³/mol. The van der Waals surface area contributed by atoms with E-state index in [-0.39, 0.29) is 24.1 Å². The third kappa shape index (κ3) is 6.71. The average molecular weight is 480 g/mol. The molecule has 0 saturated heterocycles. The maximum absolute atomic E-state index is 11.7. The summed E-state index contributed by atoms with van der Waals surface area (Å²) in [5.74, 6) is 1.14. The molecule has 0 spiro atoms. The molecule has 1 aromatic heterocycles. The second-order valence-corrected chi connectivity index (χ2v) is 7.00. The normalized spacial score (nSPS) is 10.3. The number of nitrogens with zero attached hydrogens (tertiary/aromatic N) is 1. The number of esters is 1. The summed E-state index contributed by atoms with van der Waals surface area (Å²) in [6, 6.07) is 15.2. The van der Waals surface area contributed by atoms with E-state index in [1.165, 1.54) is 12.1 Å². The van der Waals surface area contributed by atoms with Crippen LogP contribution in [0.4, 0.5) is 11.4 Å². The fourth-order valence-corrected chi connectivity index (χ4v) is 3.11. The van der Waals surface area contributed by atoms with Gasteiger partial charge >= 0.3 is 5.97 Å². The second kappa shape index (κ2) is 12.1. The van der Waals surface area contributed by atoms with Crippen molar-refractivity contribution >= 4 is 41.4 Å². The Morgan fingerprint density at radius 1 is 1.12 bits per heavy atom. The van der Waals surface area contributed by atoms with Crippen molar-refractivity contribution in [3.8, 4) is 11.3 Å². The fraction of sp³-hybridized carbons (Fsp3) is 0.227. The molecule has 0 aliphatic heterocycles. The van der Waals surface area contributed by atoms with Crippen LogP contribution in [0.1, 0.15) is 23.0 Å². The number of nitro benzene ring substituents is 1. The Labute approximate surface area is 196 Å². The lowest BCUT2D eigenvalue weighted by molar-refractivity contribution is -0.384. The van der Waals surface area contributed by atoms with E-state index in [2.05, 4.69) is 10.6 Å². The predicted octanol–water partition coefficient (Wildman–Crippen LogP) is 5.31. The molecule has 2 N–H and O–H groups in total. The zero-order chi connectivity index (χ0) is 22.2. The first-order chi connectivity index (χ1) is 15.0. The van der Waals surface area contributed by atoms with Gasteiger partial charge < -0.3 is 19.8 Å². The van der Waals surface area contributed by atoms with E-state index < -0.39 is 4.92 Å². The Bertz CT molecular complexity index is 1050. The number of hydrogen-bond donors (Lipinski definition) is 2. The number of rotatable bonds is 10. The number of hydrogen-bond acceptors (Lipinski definition) is 7. The zero-order valence-corrected chi connectivity index (χ0v) is 18.9. The van der Waals surface area contributed by atoms with E-state index in [1.54, 1.807) is 25.1 Å². The summed E-state index contributed by atoms with van der Waals surface area (Å²) >= 11 is 6.06. The summed E-state index contributed by atoms with van der Waals surface area (Å²) in [6.07, 6.45) is 0. The van der Waals surface area contributed by atoms with Crippen LogP contribution in [0.3, 0.4) is 0 Å². The summed E-state index contributed by atoms with van der Waals surface area (Å²) < 4.78 is 10.8. The van der Waals surface area contributed by atoms with Gasteiger partial charge in [0.2, 0.25) is 0 Å². The van der Waals surface area contributed by atoms with Gasteiger partial charge in [-0.25, -0.2) is 4.79 Å². The topological polar surface area (TPSA) is 107 Å². The number of anilines is 1. The molecule has 0 unspecified atom stereocenters. The molecule has 8 nitrogen and oxygen atoms in total. The monoisotopic (exact) mass is 479 g/mol. The lowest BCUT2D eigenvalue weighted by atomic mass is 10.1. The first kappa shape index (κ1) is 25.2. The Morgan fingerprint density at radius 3 is 2.53 bits per heavy atom. The van der Waals surface area contributed by atoms with E-state index >= 15 is 0 Å². The molecule has 1 heterocycles. The van der Waals surface area contributed by atoms with E-state index in [1.807, 2.05) is 24.3 Å². The van der Waals surface area contributed by atoms with Crippen molar-refractivity contribution in [3.63, 3.8) is 0 Å². The van der Waals surface area contributed by atoms with Crippen LogP contribution in [0.15, 0.2) is 59.0 Å². The SMILES string of the molecule is CCOC(=O)c1ccc(-c2ccc(CNCCNc3ccc([N+](=O)[O-])cc3Cl)o2)cc1.Cl. The van der Waals surface area contributed by atoms with Crippen molar-refractivity contribution in [1.29, 1.82) is 0 Å². The summed E-state index contributed by atoms with van der Waals surface area (Å²) in [7, 11) is 0. The van der Waals surface area contributed by atoms with Crippen molar-refractivity contribution in [2.45, 2.75) is 13.5 Å². The highest BCUT2D eigenvalue weighted by Gasteiger charge is 2.10. The van der Waals surface area contributed by atoms with Crippen LogP contribution in [-0.4, -0.2) is 30.6 Å². The van der Waals surface area contributed by atoms with E-state index in [4.69, 9.17) is 20.8 Å². The summed E-state index contributed by atoms with van der Waals surface area (Å²) in [5.41, 5.74) is 1.96. The molecule has 0 fully saturated rings. The number of benzene rings is 2. The number of nitro groups is 1. The molecule has 3 rings (SSSR count). The van der Waals surface area contributed by atoms with Crippen LogP contribution in [-0.2, 0) is 11.3 Å². The molecule has 0 bridgehead atoms. The lowest BCUT2D eigenvalue weighted by Crippen LogP contribution is -2.21. The smallest absolute Gasteiger partial charge is 0.338 e. The molecular formula is C22H23Cl2N3O5. The molecule has 2 aromatic carbocycles. The van der Waals surface area contributed by atoms with Crippen molar-refractivity contribution < 1.29 is 18.9 Å². The van der Waals surface area contributed by atoms with Gasteiger partial charge in [-0.1, -0.05) is 23.7 Å². The fourth-order valence-electron chi connectivity index (χ4n) is 2.87. The molecule has 0 aliphatic rings. The maximum atomic E-state index is 11.7. The van der Waals surface area contributed by atoms with Gasteiger partial charge in [0, 0.05) is 30.8 Å². The van der Waals surface area contributed by atoms with Crippen molar-refractivity contribution in [2.75, 3.05) is 25.0 Å². The zero-order valence-electron chi connectivity index (χ0n) is 17.3. The molecule has 10 heteroatoms. The molecule has 0 radical (unpaired) electrons. The van der Waals surface area contributed by atoms with Crippen LogP contribution in [0.2, 0.25) is 5.02 Å². The highest BCUT2D eigenvalue weighted by molar-refractivity contribution is 6.33. The second-order valence-electron chi connectivity index (χ2n) is 6.59. The largest absolute Gasteiger partial charge is 0.462 e. The quantitative estimate of drug-likeness (QED) is 0.175. The van der Waals surface area contributed by atoms with E-state index in [9.17, 15) is 14.9 Å². The highest BCUT2D eigenvalue weighted by Crippen LogP contribution is 2.26. The lowest BCUT2D eigenvalue weighted by Gasteiger charge is -2.08. The third-order valence-corrected chi connectivity index (χ3v) is 4.73. The van der Waals surface area contributed by atoms with Crippen LogP contribution in [0, 0.1) is 10.1 Å². The molecule has 3 aromatic rings. The van der Waals surface area contributed by atoms with Gasteiger partial charge in [0.05, 0.1) is 34.3 Å². The maximum Gasteiger partial charge on any atom is 0.338 e. The van der Waals surface area contributed by atoms with Gasteiger partial charge in [-0.05, 0) is 37.3 Å². The summed E-state index contributed by atoms with van der Waals surface area (Å²) in [4.78, 5) is 22.0. The number of carbonyl (C=O) groups excluding carboxylic acids is 1. The molecule has 0 amide bonds. The van der Waals surface area contributed by atoms with E-state index in [0.29, 0.717) is 48.3 Å². The standard InChI is InChI=1S/C22H22ClN3O5.ClH/c1-2-30-22(27)16-5-3-15(4-6-16)21-10-8-18(31-21)14-24-11-12-25-20-9-7-17(26(28)29)13-19(20)23;/h3-10,13,24-25H,2,11-12,14H2,1H3;1H. The number of carbonyl (C=O) groups is 1. The summed E-state index contributed by atoms with van der Waals surface area (Å²) in [5, 5.41) is 17.4. The minimum absolute atomic E-state index is 0. The van der Waals surface area contributed by atoms with Gasteiger partial charge in [-0.15, -0.1) is 12.4 Å². The van der Waals surface area contributed by atoms with Crippen molar-refractivity contribution in [1.82, 2.24) is 5.32 Å². The van der Waals surface area contributed by atoms with Crippen molar-refractivity contribution in [3.05, 3.63) is 81.1 Å². The Morgan fingerprint density at radius 2 is 1.88 bits per heavy atom. The van der Waals surface area contributed by atoms with Gasteiger partial charge in [-0.3, -0.25) is 10.1 Å². The van der Waals surface area contributed by atoms with Crippen molar-refractivity contribution in [2.24, 2.45) is 0 Å². The van der Waals surface area contributed by atoms with E-state index in [0.717, 1.165) is 11.3 Å². The highest BCUT2D eigenvalue weighted by atomic mass is 35.5. The molecule has 170 valence electrons. The average Bonchev–Trinajstić information content (AvgIpc) is 3.23. The molecule has 32 heavy (non-hydrogen) atoms. The van der Waals surface area contributed by atoms with Crippen LogP contribution < -0.4 is 10.6 Å². The van der Waals surface area contributed by atoms with Crippen LogP contribution in [0.5, 0.6) is 0 Å². The summed E-state index contributed by atoms with van der Waals surface area (Å²) in [6.45, 7) is 3.87. The Hall–Kier alpha value is -3.07. The molecular weight excluding hydrogens is 457 g/mol. The van der Waals surface area contributed by atoms with Gasteiger partial charge in [0.15, 0.2) is 0 Å². The molecule has 0 atom stereocenters. The van der Waals surface area contributed by atoms with Gasteiger partial charge in [0.1, 0.15) is 11.5 Å².